The molecule has 3 rings (SSSR count). The van der Waals surface area contributed by atoms with Gasteiger partial charge in [-0.25, -0.2) is 9.59 Å². The lowest BCUT2D eigenvalue weighted by Crippen LogP contribution is -2.36. The number of nitrogens with one attached hydrogen (secondary N) is 3. The molecule has 5 amide bonds. The average molecular weight is 585 g/mol. The van der Waals surface area contributed by atoms with Gasteiger partial charge in [-0.2, -0.15) is 20.2 Å². The molecular formula is C19H28N4O9S4. The molecule has 0 unspecified atom stereocenters. The van der Waals surface area contributed by atoms with Crippen LogP contribution in [-0.2, 0) is 34.1 Å². The van der Waals surface area contributed by atoms with Gasteiger partial charge in [0.1, 0.15) is 0 Å². The van der Waals surface area contributed by atoms with Gasteiger partial charge in [-0.3, -0.25) is 18.9 Å². The summed E-state index contributed by atoms with van der Waals surface area (Å²) in [7, 11) is -1.99. The molecular weight excluding hydrogens is 556 g/mol. The van der Waals surface area contributed by atoms with E-state index in [4.69, 9.17) is 4.55 Å². The molecule has 202 valence electrons. The number of urea groups is 1. The topological polar surface area (TPSA) is 188 Å². The fourth-order valence-corrected chi connectivity index (χ4v) is 8.02. The van der Waals surface area contributed by atoms with Crippen molar-refractivity contribution in [3.05, 3.63) is 0 Å². The third-order valence-electron chi connectivity index (χ3n) is 5.68. The molecule has 3 saturated heterocycles. The average Bonchev–Trinajstić information content (AvgIpc) is 3.44. The van der Waals surface area contributed by atoms with E-state index in [1.54, 1.807) is 0 Å². The summed E-state index contributed by atoms with van der Waals surface area (Å²) in [6.07, 6.45) is 2.18. The van der Waals surface area contributed by atoms with Crippen molar-refractivity contribution in [2.75, 3.05) is 23.8 Å². The molecule has 0 aromatic heterocycles. The van der Waals surface area contributed by atoms with Crippen molar-refractivity contribution >= 4 is 73.2 Å². The van der Waals surface area contributed by atoms with E-state index in [-0.39, 0.29) is 35.5 Å². The van der Waals surface area contributed by atoms with E-state index in [1.165, 1.54) is 21.6 Å². The van der Waals surface area contributed by atoms with Crippen molar-refractivity contribution in [2.45, 2.75) is 61.1 Å². The van der Waals surface area contributed by atoms with Gasteiger partial charge in [0.2, 0.25) is 5.91 Å². The van der Waals surface area contributed by atoms with Crippen LogP contribution in [0, 0.1) is 0 Å². The minimum Gasteiger partial charge on any atom is -0.355 e. The van der Waals surface area contributed by atoms with Crippen LogP contribution in [0.25, 0.3) is 0 Å². The van der Waals surface area contributed by atoms with Crippen LogP contribution in [0.4, 0.5) is 4.79 Å². The molecule has 17 heteroatoms. The quantitative estimate of drug-likeness (QED) is 0.0708. The normalized spacial score (nSPS) is 25.5. The van der Waals surface area contributed by atoms with Crippen LogP contribution in [0.5, 0.6) is 0 Å². The third kappa shape index (κ3) is 8.16. The molecule has 4 atom stereocenters. The van der Waals surface area contributed by atoms with Gasteiger partial charge >= 0.3 is 12.0 Å². The fourth-order valence-electron chi connectivity index (χ4n) is 3.90. The van der Waals surface area contributed by atoms with Crippen molar-refractivity contribution in [1.29, 1.82) is 0 Å². The van der Waals surface area contributed by atoms with Crippen LogP contribution < -0.4 is 16.0 Å². The fraction of sp³-hybridized carbons (Fsp3) is 0.737. The molecule has 3 aliphatic rings. The van der Waals surface area contributed by atoms with Gasteiger partial charge < -0.3 is 20.8 Å². The van der Waals surface area contributed by atoms with E-state index >= 15 is 0 Å². The van der Waals surface area contributed by atoms with Gasteiger partial charge in [0.05, 0.1) is 24.9 Å². The van der Waals surface area contributed by atoms with Crippen molar-refractivity contribution in [3.8, 4) is 0 Å². The van der Waals surface area contributed by atoms with E-state index in [0.29, 0.717) is 29.7 Å². The highest BCUT2D eigenvalue weighted by atomic mass is 33.1. The molecule has 3 heterocycles. The van der Waals surface area contributed by atoms with E-state index in [9.17, 15) is 32.4 Å². The molecule has 0 spiro atoms. The molecule has 36 heavy (non-hydrogen) atoms. The summed E-state index contributed by atoms with van der Waals surface area (Å²) in [6, 6.07) is 0.281. The minimum atomic E-state index is -4.76. The van der Waals surface area contributed by atoms with E-state index in [2.05, 4.69) is 20.8 Å². The predicted molar refractivity (Wildman–Crippen MR) is 134 cm³/mol. The summed E-state index contributed by atoms with van der Waals surface area (Å²) in [5.74, 6) is -1.38. The number of amides is 5. The van der Waals surface area contributed by atoms with Crippen molar-refractivity contribution < 1.29 is 41.8 Å². The van der Waals surface area contributed by atoms with E-state index in [1.807, 2.05) is 11.8 Å². The first-order valence-electron chi connectivity index (χ1n) is 11.3. The van der Waals surface area contributed by atoms with Crippen LogP contribution in [0.1, 0.15) is 38.5 Å². The molecule has 3 fully saturated rings. The lowest BCUT2D eigenvalue weighted by Gasteiger charge is -2.16. The SMILES string of the molecule is O=C(CCCC[C@H]1SC[C@H]2NC(=O)N[C@@H]21)NCCSSCCC(=O)ON1C(=O)C[C@H](S(=O)(=O)O)C1=O. The smallest absolute Gasteiger partial charge is 0.334 e. The van der Waals surface area contributed by atoms with Gasteiger partial charge in [-0.05, 0) is 12.8 Å². The Morgan fingerprint density at radius 3 is 2.61 bits per heavy atom. The largest absolute Gasteiger partial charge is 0.355 e. The number of carbonyl (C=O) groups is 5. The molecule has 0 saturated carbocycles. The molecule has 0 aromatic carbocycles. The lowest BCUT2D eigenvalue weighted by atomic mass is 10.0. The van der Waals surface area contributed by atoms with Crippen LogP contribution in [0.15, 0.2) is 0 Å². The Balaban J connectivity index is 1.16. The second-order valence-electron chi connectivity index (χ2n) is 8.31. The monoisotopic (exact) mass is 584 g/mol. The summed E-state index contributed by atoms with van der Waals surface area (Å²) in [4.78, 5) is 63.3. The number of nitrogens with zero attached hydrogens (tertiary/aromatic N) is 1. The Bertz CT molecular complexity index is 980. The Hall–Kier alpha value is -1.69. The first-order chi connectivity index (χ1) is 17.1. The summed E-state index contributed by atoms with van der Waals surface area (Å²) in [5.41, 5.74) is 0. The Kier molecular flexibility index (Phi) is 10.6. The highest BCUT2D eigenvalue weighted by Gasteiger charge is 2.48. The number of carbonyl (C=O) groups excluding carboxylic acids is 5. The number of unbranched alkanes of at least 4 members (excludes halogenated alkanes) is 1. The first kappa shape index (κ1) is 28.9. The second-order valence-corrected chi connectivity index (χ2v) is 13.9. The summed E-state index contributed by atoms with van der Waals surface area (Å²) < 4.78 is 31.1. The van der Waals surface area contributed by atoms with Crippen LogP contribution in [0.2, 0.25) is 0 Å². The number of fused-ring (bicyclic) bond motifs is 1. The molecule has 0 bridgehead atoms. The van der Waals surface area contributed by atoms with Crippen molar-refractivity contribution in [2.24, 2.45) is 0 Å². The number of imide groups is 1. The number of rotatable bonds is 14. The van der Waals surface area contributed by atoms with Crippen molar-refractivity contribution in [1.82, 2.24) is 21.0 Å². The molecule has 0 aliphatic carbocycles. The lowest BCUT2D eigenvalue weighted by molar-refractivity contribution is -0.197. The highest BCUT2D eigenvalue weighted by molar-refractivity contribution is 8.76. The van der Waals surface area contributed by atoms with Gasteiger partial charge in [0, 0.05) is 35.5 Å². The Morgan fingerprint density at radius 1 is 1.14 bits per heavy atom. The second kappa shape index (κ2) is 13.2. The van der Waals surface area contributed by atoms with Gasteiger partial charge in [0.25, 0.3) is 21.9 Å². The number of hydroxylamine groups is 2. The number of thioether (sulfide) groups is 1. The van der Waals surface area contributed by atoms with Gasteiger partial charge in [-0.15, -0.1) is 5.06 Å². The van der Waals surface area contributed by atoms with Gasteiger partial charge in [-0.1, -0.05) is 28.0 Å². The van der Waals surface area contributed by atoms with Crippen LogP contribution >= 0.6 is 33.3 Å². The summed E-state index contributed by atoms with van der Waals surface area (Å²) in [5, 5.41) is 7.22. The minimum absolute atomic E-state index is 0.0277. The maximum atomic E-state index is 12.0. The zero-order valence-corrected chi connectivity index (χ0v) is 22.4. The Labute approximate surface area is 220 Å². The Morgan fingerprint density at radius 2 is 1.89 bits per heavy atom. The van der Waals surface area contributed by atoms with Crippen LogP contribution in [0.3, 0.4) is 0 Å². The van der Waals surface area contributed by atoms with E-state index in [0.717, 1.165) is 25.0 Å². The zero-order chi connectivity index (χ0) is 26.3. The maximum absolute atomic E-state index is 12.0. The molecule has 13 nitrogen and oxygen atoms in total. The molecule has 4 N–H and O–H groups in total. The van der Waals surface area contributed by atoms with E-state index < -0.39 is 39.6 Å². The first-order valence-corrected chi connectivity index (χ1v) is 16.3. The maximum Gasteiger partial charge on any atom is 0.334 e. The zero-order valence-electron chi connectivity index (χ0n) is 19.2. The predicted octanol–water partition coefficient (Wildman–Crippen LogP) is 0.0734. The number of hydrogen-bond donors (Lipinski definition) is 4. The summed E-state index contributed by atoms with van der Waals surface area (Å²) >= 11 is 1.85. The number of hydrogen-bond acceptors (Lipinski definition) is 11. The highest BCUT2D eigenvalue weighted by Crippen LogP contribution is 2.33. The molecule has 3 aliphatic heterocycles. The van der Waals surface area contributed by atoms with Crippen LogP contribution in [-0.4, -0.2) is 94.1 Å². The third-order valence-corrected chi connectivity index (χ3v) is 10.7. The molecule has 0 aromatic rings. The van der Waals surface area contributed by atoms with Crippen molar-refractivity contribution in [3.63, 3.8) is 0 Å². The van der Waals surface area contributed by atoms with Gasteiger partial charge in [0.15, 0.2) is 5.25 Å². The molecule has 0 radical (unpaired) electrons. The standard InChI is InChI=1S/C19H28N4O9S4/c24-14(4-2-1-3-12-17-11(10-33-12)21-19(28)22-17)20-6-8-35-34-7-5-16(26)32-23-15(25)9-13(18(23)27)36(29,30)31/h11-13,17H,1-10H2,(H,20,24)(H2,21,22,28)(H,29,30,31)/t11-,12-,13+,17+/m1/s1. The summed E-state index contributed by atoms with van der Waals surface area (Å²) in [6.45, 7) is 0.467.